The third kappa shape index (κ3) is 5.39. The Balaban J connectivity index is 1.88. The van der Waals surface area contributed by atoms with Crippen LogP contribution < -0.4 is 9.47 Å². The molecule has 3 rings (SSSR count). The smallest absolute Gasteiger partial charge is 0.344 e. The number of benzene rings is 2. The van der Waals surface area contributed by atoms with Crippen LogP contribution in [0.25, 0.3) is 6.08 Å². The van der Waals surface area contributed by atoms with E-state index in [-0.39, 0.29) is 5.91 Å². The van der Waals surface area contributed by atoms with E-state index in [1.165, 1.54) is 25.8 Å². The number of amides is 1. The molecule has 1 aliphatic heterocycles. The lowest BCUT2D eigenvalue weighted by Crippen LogP contribution is -2.28. The number of likely N-dealkylation sites (N-methyl/N-ethyl adjacent to an activating group) is 1. The number of aliphatic carboxylic acids is 1. The number of carbonyl (C=O) groups is 2. The van der Waals surface area contributed by atoms with Gasteiger partial charge in [-0.05, 0) is 73.6 Å². The summed E-state index contributed by atoms with van der Waals surface area (Å²) in [5.74, 6) is -0.530. The van der Waals surface area contributed by atoms with Gasteiger partial charge in [-0.25, -0.2) is 9.79 Å². The second-order valence-corrected chi connectivity index (χ2v) is 7.99. The number of carbonyl (C=O) groups excluding carboxylic acids is 1. The third-order valence-corrected chi connectivity index (χ3v) is 5.65. The van der Waals surface area contributed by atoms with Crippen molar-refractivity contribution in [2.45, 2.75) is 20.0 Å². The van der Waals surface area contributed by atoms with Crippen LogP contribution in [0.3, 0.4) is 0 Å². The SMILES string of the molecule is CCN1C(=O)/C(=C\c2ccc(O[C@H](C)C(=O)O)c(OC)c2)SC1=Nc1ccc(Cl)cc1. The average Bonchev–Trinajstić information content (AvgIpc) is 3.04. The summed E-state index contributed by atoms with van der Waals surface area (Å²) in [6, 6.07) is 12.1. The zero-order valence-corrected chi connectivity index (χ0v) is 18.7. The number of hydrogen-bond acceptors (Lipinski definition) is 6. The van der Waals surface area contributed by atoms with Crippen LogP contribution in [0.4, 0.5) is 5.69 Å². The van der Waals surface area contributed by atoms with Crippen molar-refractivity contribution in [3.63, 3.8) is 0 Å². The molecule has 0 bridgehead atoms. The van der Waals surface area contributed by atoms with Crippen LogP contribution in [0.15, 0.2) is 52.4 Å². The summed E-state index contributed by atoms with van der Waals surface area (Å²) < 4.78 is 10.7. The highest BCUT2D eigenvalue weighted by atomic mass is 35.5. The first-order valence-electron chi connectivity index (χ1n) is 9.45. The molecule has 162 valence electrons. The lowest BCUT2D eigenvalue weighted by atomic mass is 10.2. The topological polar surface area (TPSA) is 88.4 Å². The van der Waals surface area contributed by atoms with Crippen LogP contribution in [-0.2, 0) is 9.59 Å². The quantitative estimate of drug-likeness (QED) is 0.595. The Morgan fingerprint density at radius 3 is 2.58 bits per heavy atom. The molecule has 2 aromatic carbocycles. The minimum Gasteiger partial charge on any atom is -0.493 e. The van der Waals surface area contributed by atoms with Crippen LogP contribution in [0, 0.1) is 0 Å². The van der Waals surface area contributed by atoms with E-state index in [1.807, 2.05) is 6.92 Å². The molecule has 1 aliphatic rings. The number of thioether (sulfide) groups is 1. The van der Waals surface area contributed by atoms with Gasteiger partial charge in [0, 0.05) is 11.6 Å². The summed E-state index contributed by atoms with van der Waals surface area (Å²) in [4.78, 5) is 30.6. The van der Waals surface area contributed by atoms with Crippen LogP contribution in [0.2, 0.25) is 5.02 Å². The summed E-state index contributed by atoms with van der Waals surface area (Å²) >= 11 is 7.21. The molecule has 0 unspecified atom stereocenters. The molecule has 7 nitrogen and oxygen atoms in total. The number of hydrogen-bond donors (Lipinski definition) is 1. The van der Waals surface area contributed by atoms with Crippen molar-refractivity contribution < 1.29 is 24.2 Å². The maximum Gasteiger partial charge on any atom is 0.344 e. The van der Waals surface area contributed by atoms with E-state index in [1.54, 1.807) is 53.4 Å². The highest BCUT2D eigenvalue weighted by Gasteiger charge is 2.32. The zero-order chi connectivity index (χ0) is 22.5. The van der Waals surface area contributed by atoms with E-state index in [4.69, 9.17) is 26.2 Å². The Hall–Kier alpha value is -2.97. The lowest BCUT2D eigenvalue weighted by Gasteiger charge is -2.14. The van der Waals surface area contributed by atoms with Gasteiger partial charge in [0.05, 0.1) is 17.7 Å². The molecule has 31 heavy (non-hydrogen) atoms. The van der Waals surface area contributed by atoms with Crippen molar-refractivity contribution in [1.29, 1.82) is 0 Å². The van der Waals surface area contributed by atoms with Crippen molar-refractivity contribution >= 4 is 52.2 Å². The number of rotatable bonds is 7. The lowest BCUT2D eigenvalue weighted by molar-refractivity contribution is -0.144. The van der Waals surface area contributed by atoms with E-state index < -0.39 is 12.1 Å². The first-order valence-corrected chi connectivity index (χ1v) is 10.6. The molecular weight excluding hydrogens is 440 g/mol. The summed E-state index contributed by atoms with van der Waals surface area (Å²) in [6.07, 6.45) is 0.724. The maximum absolute atomic E-state index is 12.9. The number of halogens is 1. The number of nitrogens with zero attached hydrogens (tertiary/aromatic N) is 2. The van der Waals surface area contributed by atoms with Gasteiger partial charge >= 0.3 is 5.97 Å². The van der Waals surface area contributed by atoms with Crippen molar-refractivity contribution in [2.24, 2.45) is 4.99 Å². The first-order chi connectivity index (χ1) is 14.8. The molecular formula is C22H21ClN2O5S. The van der Waals surface area contributed by atoms with E-state index in [0.717, 1.165) is 0 Å². The van der Waals surface area contributed by atoms with E-state index in [2.05, 4.69) is 4.99 Å². The van der Waals surface area contributed by atoms with Gasteiger partial charge in [-0.15, -0.1) is 0 Å². The minimum atomic E-state index is -1.08. The standard InChI is InChI=1S/C22H21ClN2O5S/c1-4-25-20(26)19(31-22(25)24-16-8-6-15(23)7-9-16)12-14-5-10-17(18(11-14)29-3)30-13(2)21(27)28/h5-13H,4H2,1-3H3,(H,27,28)/b19-12+,24-22?/t13-/m1/s1. The molecule has 0 saturated carbocycles. The van der Waals surface area contributed by atoms with Crippen molar-refractivity contribution in [1.82, 2.24) is 4.90 Å². The van der Waals surface area contributed by atoms with Gasteiger partial charge in [0.15, 0.2) is 22.8 Å². The van der Waals surface area contributed by atoms with Crippen LogP contribution in [0.1, 0.15) is 19.4 Å². The fourth-order valence-corrected chi connectivity index (χ4v) is 3.95. The maximum atomic E-state index is 12.9. The molecule has 0 aromatic heterocycles. The molecule has 0 spiro atoms. The highest BCUT2D eigenvalue weighted by Crippen LogP contribution is 2.36. The van der Waals surface area contributed by atoms with Crippen LogP contribution >= 0.6 is 23.4 Å². The number of methoxy groups -OCH3 is 1. The fraction of sp³-hybridized carbons (Fsp3) is 0.227. The Morgan fingerprint density at radius 2 is 1.97 bits per heavy atom. The predicted octanol–water partition coefficient (Wildman–Crippen LogP) is 4.82. The van der Waals surface area contributed by atoms with E-state index >= 15 is 0 Å². The van der Waals surface area contributed by atoms with Gasteiger partial charge in [-0.3, -0.25) is 9.69 Å². The van der Waals surface area contributed by atoms with Gasteiger partial charge in [-0.1, -0.05) is 17.7 Å². The van der Waals surface area contributed by atoms with Crippen molar-refractivity contribution in [3.8, 4) is 11.5 Å². The molecule has 1 heterocycles. The Kier molecular flexibility index (Phi) is 7.25. The molecule has 1 saturated heterocycles. The number of aliphatic imine (C=N–C) groups is 1. The molecule has 1 amide bonds. The number of carboxylic acid groups (broad SMARTS) is 1. The van der Waals surface area contributed by atoms with Crippen molar-refractivity contribution in [2.75, 3.05) is 13.7 Å². The van der Waals surface area contributed by atoms with Gasteiger partial charge in [0.2, 0.25) is 0 Å². The highest BCUT2D eigenvalue weighted by molar-refractivity contribution is 8.18. The summed E-state index contributed by atoms with van der Waals surface area (Å²) in [5, 5.41) is 10.2. The molecule has 9 heteroatoms. The number of amidine groups is 1. The molecule has 1 N–H and O–H groups in total. The van der Waals surface area contributed by atoms with Gasteiger partial charge in [0.1, 0.15) is 0 Å². The predicted molar refractivity (Wildman–Crippen MR) is 122 cm³/mol. The van der Waals surface area contributed by atoms with Gasteiger partial charge < -0.3 is 14.6 Å². The third-order valence-electron chi connectivity index (χ3n) is 4.39. The largest absolute Gasteiger partial charge is 0.493 e. The second-order valence-electron chi connectivity index (χ2n) is 6.54. The minimum absolute atomic E-state index is 0.140. The normalized spacial score (nSPS) is 17.3. The fourth-order valence-electron chi connectivity index (χ4n) is 2.76. The molecule has 1 fully saturated rings. The molecule has 0 radical (unpaired) electrons. The zero-order valence-electron chi connectivity index (χ0n) is 17.2. The Bertz CT molecular complexity index is 1050. The summed E-state index contributed by atoms with van der Waals surface area (Å²) in [7, 11) is 1.47. The Morgan fingerprint density at radius 1 is 1.26 bits per heavy atom. The van der Waals surface area contributed by atoms with E-state index in [0.29, 0.717) is 44.4 Å². The van der Waals surface area contributed by atoms with Crippen LogP contribution in [-0.4, -0.2) is 46.8 Å². The average molecular weight is 461 g/mol. The Labute approximate surface area is 189 Å². The van der Waals surface area contributed by atoms with Crippen LogP contribution in [0.5, 0.6) is 11.5 Å². The van der Waals surface area contributed by atoms with Crippen molar-refractivity contribution in [3.05, 3.63) is 58.0 Å². The molecule has 1 atom stereocenters. The molecule has 0 aliphatic carbocycles. The number of ether oxygens (including phenoxy) is 2. The second kappa shape index (κ2) is 9.89. The van der Waals surface area contributed by atoms with Gasteiger partial charge in [-0.2, -0.15) is 0 Å². The summed E-state index contributed by atoms with van der Waals surface area (Å²) in [5.41, 5.74) is 1.42. The molecule has 2 aromatic rings. The van der Waals surface area contributed by atoms with E-state index in [9.17, 15) is 9.59 Å². The monoisotopic (exact) mass is 460 g/mol. The van der Waals surface area contributed by atoms with Gasteiger partial charge in [0.25, 0.3) is 5.91 Å². The summed E-state index contributed by atoms with van der Waals surface area (Å²) in [6.45, 7) is 3.81. The number of carboxylic acids is 1. The first kappa shape index (κ1) is 22.7.